The summed E-state index contributed by atoms with van der Waals surface area (Å²) in [6.45, 7) is -0.218. The predicted molar refractivity (Wildman–Crippen MR) is 134 cm³/mol. The molecular weight excluding hydrogens is 510 g/mol. The van der Waals surface area contributed by atoms with Gasteiger partial charge in [-0.25, -0.2) is 4.79 Å². The Bertz CT molecular complexity index is 1090. The molecule has 1 aromatic heterocycles. The highest BCUT2D eigenvalue weighted by atomic mass is 16.7. The standard InChI is InChI=1S/C27H37N3O9/c31-24(16-7-1-2-8-16)36-15-19-21(38-25(32)17-9-3-4-10-17)22(39-26(33)18-11-5-6-12-18)23(37-19)30-14-13-20(29-35)28-27(30)34/h13-14,16-19,21-23,35H,1-12,15H2,(H,28,29,34)/t19-,21-,22-,23-/m1/s1. The van der Waals surface area contributed by atoms with Crippen molar-refractivity contribution >= 4 is 23.7 Å². The Hall–Kier alpha value is -2.99. The van der Waals surface area contributed by atoms with E-state index in [2.05, 4.69) is 4.98 Å². The number of carbonyl (C=O) groups excluding carboxylic acids is 3. The van der Waals surface area contributed by atoms with Crippen LogP contribution in [-0.2, 0) is 33.3 Å². The Labute approximate surface area is 226 Å². The van der Waals surface area contributed by atoms with Crippen molar-refractivity contribution in [2.75, 3.05) is 12.1 Å². The van der Waals surface area contributed by atoms with Crippen LogP contribution >= 0.6 is 0 Å². The fraction of sp³-hybridized carbons (Fsp3) is 0.741. The first kappa shape index (κ1) is 27.6. The third kappa shape index (κ3) is 6.27. The number of rotatable bonds is 9. The SMILES string of the molecule is O=C(OC[C@H]1O[C@@H](n2ccc(NO)nc2=O)[C@H](OC(=O)C2CCCC2)[C@@H]1OC(=O)C1CCCC1)C1CCCC1. The molecule has 3 saturated carbocycles. The number of hydrogen-bond donors (Lipinski definition) is 2. The van der Waals surface area contributed by atoms with Crippen molar-refractivity contribution in [1.82, 2.24) is 9.55 Å². The molecule has 0 spiro atoms. The molecule has 1 aliphatic heterocycles. The van der Waals surface area contributed by atoms with Gasteiger partial charge in [-0.05, 0) is 44.6 Å². The summed E-state index contributed by atoms with van der Waals surface area (Å²) in [5.74, 6) is -1.99. The highest BCUT2D eigenvalue weighted by Gasteiger charge is 2.52. The molecule has 4 aliphatic rings. The topological polar surface area (TPSA) is 155 Å². The second kappa shape index (κ2) is 12.5. The van der Waals surface area contributed by atoms with Crippen molar-refractivity contribution in [1.29, 1.82) is 0 Å². The van der Waals surface area contributed by atoms with E-state index in [1.54, 1.807) is 0 Å². The normalized spacial score (nSPS) is 28.0. The average molecular weight is 548 g/mol. The van der Waals surface area contributed by atoms with Crippen LogP contribution in [0.5, 0.6) is 0 Å². The molecule has 1 saturated heterocycles. The predicted octanol–water partition coefficient (Wildman–Crippen LogP) is 2.88. The van der Waals surface area contributed by atoms with Crippen molar-refractivity contribution in [3.05, 3.63) is 22.7 Å². The van der Waals surface area contributed by atoms with Crippen molar-refractivity contribution in [2.45, 2.75) is 102 Å². The number of hydrogen-bond acceptors (Lipinski definition) is 11. The Morgan fingerprint density at radius 1 is 0.872 bits per heavy atom. The van der Waals surface area contributed by atoms with Crippen molar-refractivity contribution in [3.63, 3.8) is 0 Å². The van der Waals surface area contributed by atoms with Crippen LogP contribution in [0, 0.1) is 17.8 Å². The molecule has 3 aliphatic carbocycles. The molecule has 0 amide bonds. The minimum Gasteiger partial charge on any atom is -0.463 e. The second-order valence-corrected chi connectivity index (χ2v) is 11.1. The minimum atomic E-state index is -1.18. The summed E-state index contributed by atoms with van der Waals surface area (Å²) in [7, 11) is 0. The Balaban J connectivity index is 1.42. The first-order valence-corrected chi connectivity index (χ1v) is 14.2. The van der Waals surface area contributed by atoms with Gasteiger partial charge in [-0.3, -0.25) is 29.6 Å². The highest BCUT2D eigenvalue weighted by molar-refractivity contribution is 5.74. The smallest absolute Gasteiger partial charge is 0.351 e. The summed E-state index contributed by atoms with van der Waals surface area (Å²) >= 11 is 0. The quantitative estimate of drug-likeness (QED) is 0.266. The van der Waals surface area contributed by atoms with E-state index in [9.17, 15) is 19.2 Å². The van der Waals surface area contributed by atoms with Gasteiger partial charge in [0, 0.05) is 6.20 Å². The average Bonchev–Trinajstić information content (AvgIpc) is 3.75. The summed E-state index contributed by atoms with van der Waals surface area (Å²) < 4.78 is 24.8. The lowest BCUT2D eigenvalue weighted by molar-refractivity contribution is -0.174. The Morgan fingerprint density at radius 2 is 1.38 bits per heavy atom. The molecule has 4 fully saturated rings. The van der Waals surface area contributed by atoms with E-state index in [0.29, 0.717) is 25.7 Å². The van der Waals surface area contributed by atoms with E-state index in [0.717, 1.165) is 55.9 Å². The molecule has 5 rings (SSSR count). The number of ether oxygens (including phenoxy) is 4. The lowest BCUT2D eigenvalue weighted by Gasteiger charge is -2.27. The van der Waals surface area contributed by atoms with Gasteiger partial charge in [0.25, 0.3) is 0 Å². The zero-order valence-corrected chi connectivity index (χ0v) is 22.0. The molecule has 2 heterocycles. The molecule has 2 N–H and O–H groups in total. The minimum absolute atomic E-state index is 0.0694. The summed E-state index contributed by atoms with van der Waals surface area (Å²) in [5.41, 5.74) is 1.05. The number of carbonyl (C=O) groups is 3. The van der Waals surface area contributed by atoms with Crippen LogP contribution < -0.4 is 11.2 Å². The fourth-order valence-corrected chi connectivity index (χ4v) is 6.23. The maximum Gasteiger partial charge on any atom is 0.351 e. The summed E-state index contributed by atoms with van der Waals surface area (Å²) in [4.78, 5) is 55.6. The van der Waals surface area contributed by atoms with Gasteiger partial charge in [-0.1, -0.05) is 38.5 Å². The number of anilines is 1. The third-order valence-electron chi connectivity index (χ3n) is 8.46. The van der Waals surface area contributed by atoms with Gasteiger partial charge in [-0.15, -0.1) is 0 Å². The maximum absolute atomic E-state index is 13.1. The summed E-state index contributed by atoms with van der Waals surface area (Å²) in [6, 6.07) is 1.35. The molecule has 0 bridgehead atoms. The van der Waals surface area contributed by atoms with E-state index in [1.807, 2.05) is 5.48 Å². The van der Waals surface area contributed by atoms with Gasteiger partial charge in [0.15, 0.2) is 24.3 Å². The fourth-order valence-electron chi connectivity index (χ4n) is 6.23. The highest BCUT2D eigenvalue weighted by Crippen LogP contribution is 2.37. The zero-order valence-electron chi connectivity index (χ0n) is 22.0. The summed E-state index contributed by atoms with van der Waals surface area (Å²) in [5, 5.41) is 9.14. The van der Waals surface area contributed by atoms with Crippen molar-refractivity contribution in [3.8, 4) is 0 Å². The lowest BCUT2D eigenvalue weighted by Crippen LogP contribution is -2.44. The number of esters is 3. The number of aromatic nitrogens is 2. The summed E-state index contributed by atoms with van der Waals surface area (Å²) in [6.07, 6.45) is 6.94. The van der Waals surface area contributed by atoms with Gasteiger partial charge in [0.05, 0.1) is 17.8 Å². The van der Waals surface area contributed by atoms with Crippen LogP contribution in [-0.4, -0.2) is 57.6 Å². The molecule has 214 valence electrons. The van der Waals surface area contributed by atoms with Crippen LogP contribution in [0.4, 0.5) is 5.82 Å². The lowest BCUT2D eigenvalue weighted by atomic mass is 10.1. The van der Waals surface area contributed by atoms with Crippen LogP contribution in [0.1, 0.15) is 83.3 Å². The van der Waals surface area contributed by atoms with Gasteiger partial charge in [-0.2, -0.15) is 4.98 Å². The van der Waals surface area contributed by atoms with Crippen molar-refractivity contribution in [2.24, 2.45) is 17.8 Å². The Kier molecular flexibility index (Phi) is 8.81. The van der Waals surface area contributed by atoms with Gasteiger partial charge >= 0.3 is 23.6 Å². The molecule has 1 aromatic rings. The molecule has 4 atom stereocenters. The van der Waals surface area contributed by atoms with Crippen LogP contribution in [0.25, 0.3) is 0 Å². The van der Waals surface area contributed by atoms with Gasteiger partial charge in [0.2, 0.25) is 0 Å². The van der Waals surface area contributed by atoms with Crippen LogP contribution in [0.15, 0.2) is 17.1 Å². The third-order valence-corrected chi connectivity index (χ3v) is 8.46. The van der Waals surface area contributed by atoms with E-state index in [4.69, 9.17) is 24.2 Å². The van der Waals surface area contributed by atoms with Crippen LogP contribution in [0.3, 0.4) is 0 Å². The monoisotopic (exact) mass is 547 g/mol. The first-order chi connectivity index (χ1) is 18.9. The van der Waals surface area contributed by atoms with Gasteiger partial charge in [0.1, 0.15) is 12.7 Å². The zero-order chi connectivity index (χ0) is 27.4. The molecule has 12 heteroatoms. The van der Waals surface area contributed by atoms with Gasteiger partial charge < -0.3 is 18.9 Å². The molecular formula is C27H37N3O9. The van der Waals surface area contributed by atoms with Crippen molar-refractivity contribution < 1.29 is 38.5 Å². The Morgan fingerprint density at radius 3 is 1.90 bits per heavy atom. The number of nitrogens with zero attached hydrogens (tertiary/aromatic N) is 2. The molecule has 0 aromatic carbocycles. The van der Waals surface area contributed by atoms with E-state index in [-0.39, 0.29) is 36.1 Å². The van der Waals surface area contributed by atoms with E-state index < -0.39 is 42.2 Å². The maximum atomic E-state index is 13.1. The molecule has 0 unspecified atom stereocenters. The molecule has 12 nitrogen and oxygen atoms in total. The van der Waals surface area contributed by atoms with E-state index in [1.165, 1.54) is 12.3 Å². The van der Waals surface area contributed by atoms with E-state index >= 15 is 0 Å². The largest absolute Gasteiger partial charge is 0.463 e. The first-order valence-electron chi connectivity index (χ1n) is 14.2. The van der Waals surface area contributed by atoms with Crippen LogP contribution in [0.2, 0.25) is 0 Å². The molecule has 39 heavy (non-hydrogen) atoms. The number of nitrogens with one attached hydrogen (secondary N) is 1. The molecule has 0 radical (unpaired) electrons. The second-order valence-electron chi connectivity index (χ2n) is 11.1.